The minimum atomic E-state index is -4.83. The summed E-state index contributed by atoms with van der Waals surface area (Å²) in [6.45, 7) is 9.86. The predicted molar refractivity (Wildman–Crippen MR) is 100 cm³/mol. The zero-order valence-electron chi connectivity index (χ0n) is 17.3. The lowest BCUT2D eigenvalue weighted by atomic mass is 10.1. The van der Waals surface area contributed by atoms with Gasteiger partial charge in [0, 0.05) is 12.3 Å². The molecule has 2 heterocycles. The highest BCUT2D eigenvalue weighted by molar-refractivity contribution is 7.45. The molecule has 2 N–H and O–H groups in total. The Kier molecular flexibility index (Phi) is 6.96. The van der Waals surface area contributed by atoms with Crippen LogP contribution < -0.4 is 16.1 Å². The molecular formula is C17H28N2O9P-. The summed E-state index contributed by atoms with van der Waals surface area (Å²) in [7, 11) is -4.83. The van der Waals surface area contributed by atoms with Crippen molar-refractivity contribution in [3.05, 3.63) is 33.1 Å². The van der Waals surface area contributed by atoms with Crippen molar-refractivity contribution in [2.75, 3.05) is 6.61 Å². The fraction of sp³-hybridized carbons (Fsp3) is 0.765. The molecule has 1 fully saturated rings. The Morgan fingerprint density at radius 3 is 2.38 bits per heavy atom. The molecule has 0 amide bonds. The van der Waals surface area contributed by atoms with Gasteiger partial charge < -0.3 is 28.5 Å². The van der Waals surface area contributed by atoms with Crippen molar-refractivity contribution in [2.24, 2.45) is 0 Å². The summed E-state index contributed by atoms with van der Waals surface area (Å²) in [5, 5.41) is 10.7. The van der Waals surface area contributed by atoms with Crippen molar-refractivity contribution in [2.45, 2.75) is 77.3 Å². The maximum atomic E-state index is 12.3. The number of aromatic amines is 1. The normalized spacial score (nSPS) is 27.7. The summed E-state index contributed by atoms with van der Waals surface area (Å²) in [5.41, 5.74) is -3.07. The Morgan fingerprint density at radius 1 is 1.24 bits per heavy atom. The summed E-state index contributed by atoms with van der Waals surface area (Å²) in [6, 6.07) is 1.08. The smallest absolute Gasteiger partial charge is 0.330 e. The highest BCUT2D eigenvalue weighted by Gasteiger charge is 2.48. The van der Waals surface area contributed by atoms with E-state index in [9.17, 15) is 24.2 Å². The van der Waals surface area contributed by atoms with Gasteiger partial charge in [0.1, 0.15) is 18.3 Å². The standard InChI is InChI=1S/C17H29N2O9P/c1-16(2,3)25-9-10-13(27-29(23,24)28-17(4,5)6)12(21)14(26-10)19-8-7-11(20)18-15(19)22/h7-8,10,12-14,21H,9H2,1-6H3,(H,23,24)(H,18,20,22)/p-1/t10-,12+,13?,14-/m1/s1. The van der Waals surface area contributed by atoms with Crippen molar-refractivity contribution in [3.63, 3.8) is 0 Å². The van der Waals surface area contributed by atoms with Crippen LogP contribution in [0.3, 0.4) is 0 Å². The van der Waals surface area contributed by atoms with E-state index >= 15 is 0 Å². The predicted octanol–water partition coefficient (Wildman–Crippen LogP) is 0.279. The Balaban J connectivity index is 2.32. The summed E-state index contributed by atoms with van der Waals surface area (Å²) in [6.07, 6.45) is -4.14. The minimum Gasteiger partial charge on any atom is -0.756 e. The van der Waals surface area contributed by atoms with E-state index in [0.717, 1.165) is 16.8 Å². The fourth-order valence-corrected chi connectivity index (χ4v) is 3.95. The number of ether oxygens (including phenoxy) is 2. The van der Waals surface area contributed by atoms with Crippen LogP contribution in [0.25, 0.3) is 0 Å². The average molecular weight is 435 g/mol. The molecule has 5 atom stereocenters. The molecule has 1 aromatic rings. The number of aliphatic hydroxyl groups excluding tert-OH is 1. The molecule has 0 bridgehead atoms. The topological polar surface area (TPSA) is 152 Å². The maximum absolute atomic E-state index is 12.3. The summed E-state index contributed by atoms with van der Waals surface area (Å²) in [5.74, 6) is 0. The molecule has 12 heteroatoms. The molecule has 1 aromatic heterocycles. The molecule has 2 rings (SSSR count). The molecule has 29 heavy (non-hydrogen) atoms. The van der Waals surface area contributed by atoms with Crippen molar-refractivity contribution >= 4 is 7.82 Å². The van der Waals surface area contributed by atoms with E-state index < -0.39 is 54.8 Å². The number of phosphoric ester groups is 1. The average Bonchev–Trinajstić information content (AvgIpc) is 2.78. The lowest BCUT2D eigenvalue weighted by Gasteiger charge is -2.34. The molecule has 0 aromatic carbocycles. The second-order valence-electron chi connectivity index (χ2n) is 8.72. The summed E-state index contributed by atoms with van der Waals surface area (Å²) < 4.78 is 34.7. The van der Waals surface area contributed by atoms with Crippen molar-refractivity contribution in [1.82, 2.24) is 9.55 Å². The zero-order valence-corrected chi connectivity index (χ0v) is 18.2. The first-order chi connectivity index (χ1) is 13.1. The number of nitrogens with zero attached hydrogens (tertiary/aromatic N) is 1. The first kappa shape index (κ1) is 23.9. The van der Waals surface area contributed by atoms with Gasteiger partial charge in [0.15, 0.2) is 6.23 Å². The van der Waals surface area contributed by atoms with E-state index in [1.807, 2.05) is 4.98 Å². The van der Waals surface area contributed by atoms with Crippen LogP contribution in [0.15, 0.2) is 21.9 Å². The van der Waals surface area contributed by atoms with E-state index in [2.05, 4.69) is 0 Å². The number of hydrogen-bond acceptors (Lipinski definition) is 9. The number of nitrogens with one attached hydrogen (secondary N) is 1. The van der Waals surface area contributed by atoms with E-state index in [1.165, 1.54) is 20.8 Å². The van der Waals surface area contributed by atoms with Crippen molar-refractivity contribution in [3.8, 4) is 0 Å². The molecule has 11 nitrogen and oxygen atoms in total. The SMILES string of the molecule is CC(C)(C)OC[C@H]1O[C@@H](n2ccc(=O)[nH]c2=O)[C@@H](O)C1OP(=O)([O-])OC(C)(C)C. The highest BCUT2D eigenvalue weighted by atomic mass is 31.2. The Labute approximate surface area is 168 Å². The van der Waals surface area contributed by atoms with Crippen LogP contribution in [0.1, 0.15) is 47.8 Å². The van der Waals surface area contributed by atoms with Gasteiger partial charge in [0.25, 0.3) is 13.4 Å². The van der Waals surface area contributed by atoms with Crippen LogP contribution in [0.2, 0.25) is 0 Å². The van der Waals surface area contributed by atoms with Crippen LogP contribution in [0.4, 0.5) is 0 Å². The summed E-state index contributed by atoms with van der Waals surface area (Å²) in [4.78, 5) is 37.7. The molecule has 1 saturated heterocycles. The molecule has 0 saturated carbocycles. The number of aliphatic hydroxyl groups is 1. The minimum absolute atomic E-state index is 0.116. The molecule has 0 spiro atoms. The van der Waals surface area contributed by atoms with Gasteiger partial charge in [-0.2, -0.15) is 0 Å². The van der Waals surface area contributed by atoms with Gasteiger partial charge in [-0.15, -0.1) is 0 Å². The van der Waals surface area contributed by atoms with Crippen LogP contribution in [-0.2, 0) is 23.1 Å². The van der Waals surface area contributed by atoms with Gasteiger partial charge in [0.2, 0.25) is 0 Å². The molecule has 0 aliphatic carbocycles. The van der Waals surface area contributed by atoms with Gasteiger partial charge in [-0.3, -0.25) is 18.9 Å². The second kappa shape index (κ2) is 8.43. The quantitative estimate of drug-likeness (QED) is 0.600. The molecule has 1 aliphatic heterocycles. The lowest BCUT2D eigenvalue weighted by molar-refractivity contribution is -0.242. The molecule has 166 valence electrons. The Morgan fingerprint density at radius 2 is 1.86 bits per heavy atom. The Hall–Kier alpha value is -1.33. The first-order valence-electron chi connectivity index (χ1n) is 9.07. The van der Waals surface area contributed by atoms with Gasteiger partial charge in [-0.05, 0) is 41.5 Å². The van der Waals surface area contributed by atoms with Gasteiger partial charge in [-0.25, -0.2) is 4.79 Å². The molecule has 0 radical (unpaired) electrons. The van der Waals surface area contributed by atoms with E-state index in [4.69, 9.17) is 18.5 Å². The number of rotatable bonds is 6. The number of hydrogen-bond donors (Lipinski definition) is 2. The van der Waals surface area contributed by atoms with E-state index in [-0.39, 0.29) is 6.61 Å². The first-order valence-corrected chi connectivity index (χ1v) is 10.5. The molecular weight excluding hydrogens is 407 g/mol. The van der Waals surface area contributed by atoms with Crippen LogP contribution >= 0.6 is 7.82 Å². The highest BCUT2D eigenvalue weighted by Crippen LogP contribution is 2.47. The molecule has 2 unspecified atom stereocenters. The zero-order chi connectivity index (χ0) is 22.2. The third kappa shape index (κ3) is 6.85. The van der Waals surface area contributed by atoms with Crippen molar-refractivity contribution in [1.29, 1.82) is 0 Å². The lowest BCUT2D eigenvalue weighted by Crippen LogP contribution is -2.40. The van der Waals surface area contributed by atoms with Gasteiger partial charge >= 0.3 is 5.69 Å². The third-order valence-electron chi connectivity index (χ3n) is 3.75. The van der Waals surface area contributed by atoms with E-state index in [1.54, 1.807) is 20.8 Å². The Bertz CT molecular complexity index is 867. The monoisotopic (exact) mass is 435 g/mol. The van der Waals surface area contributed by atoms with Crippen LogP contribution in [0.5, 0.6) is 0 Å². The third-order valence-corrected chi connectivity index (χ3v) is 5.02. The van der Waals surface area contributed by atoms with E-state index in [0.29, 0.717) is 0 Å². The van der Waals surface area contributed by atoms with Gasteiger partial charge in [-0.1, -0.05) is 0 Å². The number of H-pyrrole nitrogens is 1. The number of phosphoric acid groups is 1. The second-order valence-corrected chi connectivity index (χ2v) is 10.0. The summed E-state index contributed by atoms with van der Waals surface area (Å²) >= 11 is 0. The molecule has 1 aliphatic rings. The van der Waals surface area contributed by atoms with Crippen LogP contribution in [-0.4, -0.2) is 50.8 Å². The number of aromatic nitrogens is 2. The fourth-order valence-electron chi connectivity index (χ4n) is 2.68. The van der Waals surface area contributed by atoms with Crippen LogP contribution in [0, 0.1) is 0 Å². The largest absolute Gasteiger partial charge is 0.756 e. The van der Waals surface area contributed by atoms with Gasteiger partial charge in [0.05, 0.1) is 17.8 Å². The maximum Gasteiger partial charge on any atom is 0.330 e. The van der Waals surface area contributed by atoms with Crippen molar-refractivity contribution < 1.29 is 33.1 Å².